The Hall–Kier alpha value is -1.08. The van der Waals surface area contributed by atoms with Crippen LogP contribution in [0.2, 0.25) is 0 Å². The van der Waals surface area contributed by atoms with Crippen LogP contribution < -0.4 is 9.13 Å². The molecule has 0 radical (unpaired) electrons. The molecule has 0 aromatic carbocycles. The number of aromatic nitrogens is 2. The summed E-state index contributed by atoms with van der Waals surface area (Å²) in [5, 5.41) is 0. The lowest BCUT2D eigenvalue weighted by Crippen LogP contribution is -2.39. The molecule has 2 aromatic heterocycles. The van der Waals surface area contributed by atoms with Gasteiger partial charge >= 0.3 is 0 Å². The van der Waals surface area contributed by atoms with Crippen molar-refractivity contribution >= 4 is 21.6 Å². The molecule has 0 N–H and O–H groups in total. The van der Waals surface area contributed by atoms with Gasteiger partial charge in [-0.05, 0) is 39.1 Å². The van der Waals surface area contributed by atoms with Crippen LogP contribution in [0.25, 0.3) is 0 Å². The number of nitrogens with zero attached hydrogens (tertiary/aromatic N) is 4. The highest BCUT2D eigenvalue weighted by Gasteiger charge is 2.06. The van der Waals surface area contributed by atoms with Gasteiger partial charge in [-0.25, -0.2) is 9.13 Å². The van der Waals surface area contributed by atoms with Gasteiger partial charge in [0.1, 0.15) is 0 Å². The van der Waals surface area contributed by atoms with Gasteiger partial charge in [0.15, 0.2) is 37.9 Å². The standard InChI is InChI=1S/C22H36N4S2/c1-21-5-9-25(10-6-21)15-13-23(3)17-19-27-28-20-18-24(4)14-16-26-11-7-22(2)8-12-26/h5-12H,13-20H2,1-4H3/q+2. The van der Waals surface area contributed by atoms with E-state index in [1.165, 1.54) is 22.6 Å². The van der Waals surface area contributed by atoms with Crippen LogP contribution in [0.5, 0.6) is 0 Å². The number of hydrogen-bond donors (Lipinski definition) is 0. The van der Waals surface area contributed by atoms with Crippen LogP contribution >= 0.6 is 21.6 Å². The third kappa shape index (κ3) is 9.92. The molecule has 0 unspecified atom stereocenters. The van der Waals surface area contributed by atoms with Crippen molar-refractivity contribution in [2.24, 2.45) is 0 Å². The van der Waals surface area contributed by atoms with Crippen molar-refractivity contribution in [1.82, 2.24) is 9.80 Å². The van der Waals surface area contributed by atoms with E-state index in [2.05, 4.69) is 95.9 Å². The van der Waals surface area contributed by atoms with Crippen molar-refractivity contribution in [3.63, 3.8) is 0 Å². The maximum Gasteiger partial charge on any atom is 0.169 e. The van der Waals surface area contributed by atoms with Crippen molar-refractivity contribution < 1.29 is 9.13 Å². The first-order valence-electron chi connectivity index (χ1n) is 10.1. The second-order valence-corrected chi connectivity index (χ2v) is 10.2. The smallest absolute Gasteiger partial charge is 0.169 e. The summed E-state index contributed by atoms with van der Waals surface area (Å²) in [6.07, 6.45) is 8.67. The summed E-state index contributed by atoms with van der Waals surface area (Å²) in [4.78, 5) is 4.84. The van der Waals surface area contributed by atoms with E-state index in [0.717, 1.165) is 39.3 Å². The molecule has 2 aromatic rings. The van der Waals surface area contributed by atoms with E-state index in [0.29, 0.717) is 0 Å². The van der Waals surface area contributed by atoms with Gasteiger partial charge in [-0.2, -0.15) is 0 Å². The zero-order chi connectivity index (χ0) is 20.2. The van der Waals surface area contributed by atoms with Gasteiger partial charge < -0.3 is 0 Å². The molecule has 0 bridgehead atoms. The third-order valence-electron chi connectivity index (χ3n) is 4.79. The van der Waals surface area contributed by atoms with E-state index >= 15 is 0 Å². The molecule has 0 saturated heterocycles. The fourth-order valence-electron chi connectivity index (χ4n) is 2.66. The molecule has 0 aliphatic rings. The highest BCUT2D eigenvalue weighted by molar-refractivity contribution is 8.76. The van der Waals surface area contributed by atoms with Crippen LogP contribution in [0.4, 0.5) is 0 Å². The average molecular weight is 421 g/mol. The second kappa shape index (κ2) is 13.2. The van der Waals surface area contributed by atoms with E-state index in [4.69, 9.17) is 0 Å². The summed E-state index contributed by atoms with van der Waals surface area (Å²) in [5.74, 6) is 2.37. The predicted molar refractivity (Wildman–Crippen MR) is 123 cm³/mol. The van der Waals surface area contributed by atoms with E-state index < -0.39 is 0 Å². The molecule has 2 rings (SSSR count). The highest BCUT2D eigenvalue weighted by atomic mass is 33.1. The highest BCUT2D eigenvalue weighted by Crippen LogP contribution is 2.20. The van der Waals surface area contributed by atoms with Crippen molar-refractivity contribution in [1.29, 1.82) is 0 Å². The molecular formula is C22H36N4S2+2. The van der Waals surface area contributed by atoms with Gasteiger partial charge in [0.2, 0.25) is 0 Å². The summed E-state index contributed by atoms with van der Waals surface area (Å²) < 4.78 is 4.52. The first-order chi connectivity index (χ1) is 13.5. The summed E-state index contributed by atoms with van der Waals surface area (Å²) >= 11 is 0. The first kappa shape index (κ1) is 23.2. The number of likely N-dealkylation sites (N-methyl/N-ethyl adjacent to an activating group) is 2. The Morgan fingerprint density at radius 2 is 1.00 bits per heavy atom. The van der Waals surface area contributed by atoms with Crippen LogP contribution in [-0.2, 0) is 13.1 Å². The first-order valence-corrected chi connectivity index (χ1v) is 12.5. The molecule has 0 amide bonds. The Morgan fingerprint density at radius 3 is 1.36 bits per heavy atom. The number of pyridine rings is 2. The van der Waals surface area contributed by atoms with Crippen molar-refractivity contribution in [2.45, 2.75) is 26.9 Å². The van der Waals surface area contributed by atoms with Gasteiger partial charge in [0.05, 0.1) is 13.1 Å². The normalized spacial score (nSPS) is 11.5. The Balaban J connectivity index is 1.46. The van der Waals surface area contributed by atoms with Gasteiger partial charge in [0.25, 0.3) is 0 Å². The lowest BCUT2D eigenvalue weighted by Gasteiger charge is -2.15. The quantitative estimate of drug-likeness (QED) is 0.281. The van der Waals surface area contributed by atoms with E-state index in [1.54, 1.807) is 0 Å². The molecule has 154 valence electrons. The Bertz CT molecular complexity index is 602. The summed E-state index contributed by atoms with van der Waals surface area (Å²) in [7, 11) is 8.44. The Labute approximate surface area is 179 Å². The van der Waals surface area contributed by atoms with E-state index in [-0.39, 0.29) is 0 Å². The molecule has 6 heteroatoms. The summed E-state index contributed by atoms with van der Waals surface area (Å²) in [6.45, 7) is 10.8. The van der Waals surface area contributed by atoms with Crippen LogP contribution in [-0.4, -0.2) is 61.6 Å². The zero-order valence-electron chi connectivity index (χ0n) is 17.9. The minimum absolute atomic E-state index is 1.05. The second-order valence-electron chi connectivity index (χ2n) is 7.48. The fourth-order valence-corrected chi connectivity index (χ4v) is 4.82. The fraction of sp³-hybridized carbons (Fsp3) is 0.545. The average Bonchev–Trinajstić information content (AvgIpc) is 2.69. The topological polar surface area (TPSA) is 14.2 Å². The summed E-state index contributed by atoms with van der Waals surface area (Å²) in [6, 6.07) is 8.68. The minimum atomic E-state index is 1.05. The van der Waals surface area contributed by atoms with Crippen LogP contribution in [0.3, 0.4) is 0 Å². The molecule has 0 atom stereocenters. The van der Waals surface area contributed by atoms with Crippen molar-refractivity contribution in [3.8, 4) is 0 Å². The van der Waals surface area contributed by atoms with Gasteiger partial charge in [-0.1, -0.05) is 21.6 Å². The lowest BCUT2D eigenvalue weighted by molar-refractivity contribution is -0.696. The number of hydrogen-bond acceptors (Lipinski definition) is 4. The molecule has 0 saturated carbocycles. The molecule has 2 heterocycles. The van der Waals surface area contributed by atoms with Crippen LogP contribution in [0, 0.1) is 13.8 Å². The van der Waals surface area contributed by atoms with Crippen molar-refractivity contribution in [2.75, 3.05) is 51.8 Å². The monoisotopic (exact) mass is 420 g/mol. The maximum absolute atomic E-state index is 2.42. The molecule has 0 aliphatic carbocycles. The molecule has 28 heavy (non-hydrogen) atoms. The van der Waals surface area contributed by atoms with Gasteiger partial charge in [-0.3, -0.25) is 9.80 Å². The number of aryl methyl sites for hydroxylation is 2. The predicted octanol–water partition coefficient (Wildman–Crippen LogP) is 2.82. The third-order valence-corrected chi connectivity index (χ3v) is 7.16. The Kier molecular flexibility index (Phi) is 10.9. The van der Waals surface area contributed by atoms with Crippen molar-refractivity contribution in [3.05, 3.63) is 60.2 Å². The molecule has 4 nitrogen and oxygen atoms in total. The largest absolute Gasteiger partial charge is 0.299 e. The van der Waals surface area contributed by atoms with Crippen LogP contribution in [0.15, 0.2) is 49.1 Å². The van der Waals surface area contributed by atoms with E-state index in [9.17, 15) is 0 Å². The molecule has 0 spiro atoms. The number of rotatable bonds is 13. The minimum Gasteiger partial charge on any atom is -0.299 e. The van der Waals surface area contributed by atoms with Crippen LogP contribution in [0.1, 0.15) is 11.1 Å². The maximum atomic E-state index is 2.42. The lowest BCUT2D eigenvalue weighted by atomic mass is 10.3. The Morgan fingerprint density at radius 1 is 0.643 bits per heavy atom. The van der Waals surface area contributed by atoms with Gasteiger partial charge in [0, 0.05) is 48.9 Å². The van der Waals surface area contributed by atoms with E-state index in [1.807, 2.05) is 21.6 Å². The summed E-state index contributed by atoms with van der Waals surface area (Å²) in [5.41, 5.74) is 2.63. The zero-order valence-corrected chi connectivity index (χ0v) is 19.5. The molecule has 0 aliphatic heterocycles. The molecule has 0 fully saturated rings. The SMILES string of the molecule is Cc1cc[n+](CCN(C)CCSSCCN(C)CC[n+]2ccc(C)cc2)cc1. The molecular weight excluding hydrogens is 384 g/mol. The van der Waals surface area contributed by atoms with Gasteiger partial charge in [-0.15, -0.1) is 0 Å².